The molecule has 0 heterocycles. The number of halogens is 4. The number of nitriles is 1. The third-order valence-electron chi connectivity index (χ3n) is 5.50. The Balaban J connectivity index is 1.96. The molecule has 27 heavy (non-hydrogen) atoms. The summed E-state index contributed by atoms with van der Waals surface area (Å²) in [6.45, 7) is 0. The molecule has 2 aliphatic rings. The number of hydrogen-bond acceptors (Lipinski definition) is 3. The Kier molecular flexibility index (Phi) is 4.44. The number of fused-ring (bicyclic) bond motifs is 2. The van der Waals surface area contributed by atoms with Crippen LogP contribution in [0.3, 0.4) is 0 Å². The molecule has 0 fully saturated rings. The third kappa shape index (κ3) is 2.74. The molecule has 1 N–H and O–H groups in total. The van der Waals surface area contributed by atoms with Crippen molar-refractivity contribution >= 4 is 12.6 Å². The van der Waals surface area contributed by atoms with E-state index in [0.29, 0.717) is 21.6 Å². The van der Waals surface area contributed by atoms with Crippen molar-refractivity contribution < 1.29 is 22.7 Å². The van der Waals surface area contributed by atoms with E-state index in [1.165, 1.54) is 0 Å². The first-order valence-corrected chi connectivity index (χ1v) is 8.96. The van der Waals surface area contributed by atoms with E-state index in [1.54, 1.807) is 12.1 Å². The van der Waals surface area contributed by atoms with Crippen LogP contribution < -0.4 is 0 Å². The predicted octanol–water partition coefficient (Wildman–Crippen LogP) is 4.80. The van der Waals surface area contributed by atoms with Gasteiger partial charge in [-0.3, -0.25) is 0 Å². The van der Waals surface area contributed by atoms with Gasteiger partial charge in [0.25, 0.3) is 0 Å². The fourth-order valence-electron chi connectivity index (χ4n) is 4.33. The Hall–Kier alpha value is -2.04. The van der Waals surface area contributed by atoms with Gasteiger partial charge in [-0.1, -0.05) is 6.07 Å². The van der Waals surface area contributed by atoms with Crippen LogP contribution in [-0.4, -0.2) is 17.4 Å². The Morgan fingerprint density at radius 3 is 2.52 bits per heavy atom. The lowest BCUT2D eigenvalue weighted by atomic mass is 9.74. The largest absolute Gasteiger partial charge is 0.385 e. The monoisotopic (exact) mass is 393 g/mol. The zero-order valence-electron chi connectivity index (χ0n) is 14.0. The van der Waals surface area contributed by atoms with Gasteiger partial charge < -0.3 is 5.11 Å². The molecule has 0 saturated carbocycles. The first-order valence-electron chi connectivity index (χ1n) is 8.51. The molecule has 4 rings (SSSR count). The van der Waals surface area contributed by atoms with Crippen LogP contribution in [-0.2, 0) is 6.42 Å². The number of aliphatic hydroxyl groups excluding tert-OH is 1. The number of benzene rings is 2. The molecule has 0 spiro atoms. The molecular weight excluding hydrogens is 378 g/mol. The van der Waals surface area contributed by atoms with Gasteiger partial charge in [0.15, 0.2) is 6.17 Å². The van der Waals surface area contributed by atoms with Crippen molar-refractivity contribution in [2.75, 3.05) is 0 Å². The van der Waals surface area contributed by atoms with Crippen molar-refractivity contribution in [1.82, 2.24) is 0 Å². The minimum atomic E-state index is -2.03. The van der Waals surface area contributed by atoms with Gasteiger partial charge in [-0.25, -0.2) is 17.6 Å². The number of aliphatic hydroxyl groups is 1. The zero-order chi connectivity index (χ0) is 19.5. The highest BCUT2D eigenvalue weighted by Crippen LogP contribution is 2.49. The summed E-state index contributed by atoms with van der Waals surface area (Å²) in [6, 6.07) is 6.98. The van der Waals surface area contributed by atoms with Crippen LogP contribution in [0.4, 0.5) is 17.6 Å². The Labute approximate surface area is 158 Å². The number of thiol groups is 1. The molecule has 0 saturated heterocycles. The topological polar surface area (TPSA) is 44.0 Å². The fourth-order valence-corrected chi connectivity index (χ4v) is 4.67. The molecule has 140 valence electrons. The van der Waals surface area contributed by atoms with Crippen molar-refractivity contribution in [3.63, 3.8) is 0 Å². The average Bonchev–Trinajstić information content (AvgIpc) is 2.94. The van der Waals surface area contributed by atoms with Crippen molar-refractivity contribution in [1.29, 1.82) is 5.26 Å². The summed E-state index contributed by atoms with van der Waals surface area (Å²) in [5.41, 5.74) is 1.32. The number of alkyl halides is 3. The van der Waals surface area contributed by atoms with Gasteiger partial charge in [0.05, 0.1) is 11.6 Å². The minimum absolute atomic E-state index is 0.0661. The molecule has 0 unspecified atom stereocenters. The maximum absolute atomic E-state index is 14.5. The summed E-state index contributed by atoms with van der Waals surface area (Å²) in [6.07, 6.45) is -7.10. The highest BCUT2D eigenvalue weighted by Gasteiger charge is 2.42. The summed E-state index contributed by atoms with van der Waals surface area (Å²) in [5, 5.41) is 19.5. The maximum Gasteiger partial charge on any atom is 0.157 e. The van der Waals surface area contributed by atoms with Gasteiger partial charge >= 0.3 is 0 Å². The van der Waals surface area contributed by atoms with Gasteiger partial charge in [-0.2, -0.15) is 5.26 Å². The van der Waals surface area contributed by atoms with Crippen LogP contribution in [0.25, 0.3) is 0 Å². The van der Waals surface area contributed by atoms with Crippen LogP contribution in [0.15, 0.2) is 29.2 Å². The van der Waals surface area contributed by atoms with Crippen LogP contribution in [0.5, 0.6) is 0 Å². The normalized spacial score (nSPS) is 29.1. The summed E-state index contributed by atoms with van der Waals surface area (Å²) >= 11 is 4.28. The molecule has 0 aromatic heterocycles. The summed E-state index contributed by atoms with van der Waals surface area (Å²) in [7, 11) is 0. The number of nitrogens with zero attached hydrogens (tertiary/aromatic N) is 1. The molecule has 2 aromatic carbocycles. The van der Waals surface area contributed by atoms with E-state index in [2.05, 4.69) is 12.6 Å². The summed E-state index contributed by atoms with van der Waals surface area (Å²) in [5.74, 6) is -1.55. The van der Waals surface area contributed by atoms with Crippen LogP contribution in [0.1, 0.15) is 58.0 Å². The van der Waals surface area contributed by atoms with E-state index >= 15 is 0 Å². The molecule has 2 aliphatic carbocycles. The summed E-state index contributed by atoms with van der Waals surface area (Å²) < 4.78 is 56.8. The Morgan fingerprint density at radius 2 is 1.81 bits per heavy atom. The van der Waals surface area contributed by atoms with E-state index in [9.17, 15) is 27.9 Å². The lowest BCUT2D eigenvalue weighted by Crippen LogP contribution is -2.25. The highest BCUT2D eigenvalue weighted by molar-refractivity contribution is 7.80. The van der Waals surface area contributed by atoms with Crippen molar-refractivity contribution in [3.05, 3.63) is 63.5 Å². The van der Waals surface area contributed by atoms with Gasteiger partial charge in [0, 0.05) is 22.8 Å². The Bertz CT molecular complexity index is 973. The number of hydrogen-bond donors (Lipinski definition) is 2. The SMILES string of the molecule is N#Cc1cc(F)cc2c1[C@@H](c1ccc(S)c3c1C[C@@H](F)[C@H]3O)C[C@H](F)[C@@H]2F. The van der Waals surface area contributed by atoms with Gasteiger partial charge in [0.2, 0.25) is 0 Å². The second kappa shape index (κ2) is 6.54. The molecule has 0 bridgehead atoms. The van der Waals surface area contributed by atoms with Crippen LogP contribution >= 0.6 is 12.6 Å². The molecule has 2 nitrogen and oxygen atoms in total. The fraction of sp³-hybridized carbons (Fsp3) is 0.350. The predicted molar refractivity (Wildman–Crippen MR) is 93.6 cm³/mol. The second-order valence-electron chi connectivity index (χ2n) is 7.01. The second-order valence-corrected chi connectivity index (χ2v) is 7.49. The molecule has 2 aromatic rings. The first kappa shape index (κ1) is 18.3. The smallest absolute Gasteiger partial charge is 0.157 e. The molecule has 0 amide bonds. The van der Waals surface area contributed by atoms with Crippen molar-refractivity contribution in [3.8, 4) is 6.07 Å². The van der Waals surface area contributed by atoms with Crippen molar-refractivity contribution in [2.45, 2.75) is 48.3 Å². The minimum Gasteiger partial charge on any atom is -0.385 e. The van der Waals surface area contributed by atoms with E-state index in [-0.39, 0.29) is 29.5 Å². The van der Waals surface area contributed by atoms with Crippen LogP contribution in [0, 0.1) is 17.1 Å². The number of rotatable bonds is 1. The van der Waals surface area contributed by atoms with E-state index in [0.717, 1.165) is 12.1 Å². The third-order valence-corrected chi connectivity index (χ3v) is 5.89. The molecule has 0 radical (unpaired) electrons. The molecular formula is C20H15F4NOS. The van der Waals surface area contributed by atoms with E-state index in [1.807, 2.05) is 6.07 Å². The molecule has 5 atom stereocenters. The first-order chi connectivity index (χ1) is 12.8. The zero-order valence-corrected chi connectivity index (χ0v) is 14.9. The van der Waals surface area contributed by atoms with E-state index in [4.69, 9.17) is 0 Å². The van der Waals surface area contributed by atoms with Gasteiger partial charge in [-0.15, -0.1) is 12.6 Å². The maximum atomic E-state index is 14.5. The van der Waals surface area contributed by atoms with Gasteiger partial charge in [-0.05, 0) is 46.9 Å². The van der Waals surface area contributed by atoms with Gasteiger partial charge in [0.1, 0.15) is 24.3 Å². The highest BCUT2D eigenvalue weighted by atomic mass is 32.1. The lowest BCUT2D eigenvalue weighted by Gasteiger charge is -2.33. The van der Waals surface area contributed by atoms with E-state index < -0.39 is 36.4 Å². The standard InChI is InChI=1S/C20H15F4NOS/c21-9-3-8(7-25)17-11(5-14(22)19(24)13(17)4-9)10-1-2-16(27)18-12(10)6-15(23)20(18)26/h1-4,11,14-15,19-20,26-27H,5-6H2/t11-,14+,15-,19-,20-/m1/s1. The average molecular weight is 393 g/mol. The van der Waals surface area contributed by atoms with Crippen LogP contribution in [0.2, 0.25) is 0 Å². The quantitative estimate of drug-likeness (QED) is 0.540. The summed E-state index contributed by atoms with van der Waals surface area (Å²) in [4.78, 5) is 0.414. The molecule has 7 heteroatoms. The lowest BCUT2D eigenvalue weighted by molar-refractivity contribution is 0.0909. The van der Waals surface area contributed by atoms with Crippen molar-refractivity contribution in [2.24, 2.45) is 0 Å². The Morgan fingerprint density at radius 1 is 1.07 bits per heavy atom. The molecule has 0 aliphatic heterocycles.